The summed E-state index contributed by atoms with van der Waals surface area (Å²) in [6.07, 6.45) is -3.15. The van der Waals surface area contributed by atoms with E-state index in [1.165, 1.54) is 36.5 Å². The van der Waals surface area contributed by atoms with Crippen molar-refractivity contribution < 1.29 is 22.4 Å². The van der Waals surface area contributed by atoms with Gasteiger partial charge >= 0.3 is 6.18 Å². The van der Waals surface area contributed by atoms with Gasteiger partial charge in [-0.15, -0.1) is 0 Å². The van der Waals surface area contributed by atoms with Crippen LogP contribution in [-0.4, -0.2) is 38.3 Å². The van der Waals surface area contributed by atoms with Gasteiger partial charge in [0.05, 0.1) is 34.5 Å². The predicted octanol–water partition coefficient (Wildman–Crippen LogP) is 5.97. The van der Waals surface area contributed by atoms with E-state index in [1.807, 2.05) is 19.9 Å². The maximum absolute atomic E-state index is 13.7. The van der Waals surface area contributed by atoms with Crippen molar-refractivity contribution >= 4 is 16.9 Å². The Morgan fingerprint density at radius 1 is 1.19 bits per heavy atom. The lowest BCUT2D eigenvalue weighted by Crippen LogP contribution is -2.38. The van der Waals surface area contributed by atoms with Crippen LogP contribution >= 0.6 is 0 Å². The lowest BCUT2D eigenvalue weighted by Gasteiger charge is -2.25. The number of nitriles is 1. The molecule has 1 aromatic carbocycles. The number of fused-ring (bicyclic) bond motifs is 1. The third-order valence-corrected chi connectivity index (χ3v) is 5.72. The number of halogens is 3. The first-order chi connectivity index (χ1) is 17.0. The molecule has 3 aromatic heterocycles. The van der Waals surface area contributed by atoms with Gasteiger partial charge in [0.15, 0.2) is 5.65 Å². The third-order valence-electron chi connectivity index (χ3n) is 5.72. The second-order valence-corrected chi connectivity index (χ2v) is 8.89. The van der Waals surface area contributed by atoms with Crippen molar-refractivity contribution in [2.45, 2.75) is 46.5 Å². The summed E-state index contributed by atoms with van der Waals surface area (Å²) in [5, 5.41) is 13.7. The summed E-state index contributed by atoms with van der Waals surface area (Å²) >= 11 is 0. The number of hydrogen-bond donors (Lipinski definition) is 0. The molecule has 7 nitrogen and oxygen atoms in total. The molecule has 0 radical (unpaired) electrons. The summed E-state index contributed by atoms with van der Waals surface area (Å²) in [4.78, 5) is 19.2. The van der Waals surface area contributed by atoms with Gasteiger partial charge in [-0.1, -0.05) is 12.1 Å². The van der Waals surface area contributed by atoms with Gasteiger partial charge in [0, 0.05) is 18.2 Å². The highest BCUT2D eigenvalue weighted by atomic mass is 19.4. The molecule has 36 heavy (non-hydrogen) atoms. The van der Waals surface area contributed by atoms with E-state index in [2.05, 4.69) is 5.10 Å². The number of furan rings is 1. The van der Waals surface area contributed by atoms with Crippen molar-refractivity contribution in [2.75, 3.05) is 6.54 Å². The van der Waals surface area contributed by atoms with Crippen LogP contribution in [0.15, 0.2) is 47.0 Å². The number of benzene rings is 1. The Bertz CT molecular complexity index is 1460. The first-order valence-electron chi connectivity index (χ1n) is 11.3. The fourth-order valence-corrected chi connectivity index (χ4v) is 4.09. The van der Waals surface area contributed by atoms with E-state index in [9.17, 15) is 18.0 Å². The van der Waals surface area contributed by atoms with Crippen molar-refractivity contribution in [2.24, 2.45) is 0 Å². The normalized spacial score (nSPS) is 11.8. The maximum Gasteiger partial charge on any atom is 0.406 e. The first kappa shape index (κ1) is 25.0. The monoisotopic (exact) mass is 495 g/mol. The van der Waals surface area contributed by atoms with Crippen molar-refractivity contribution in [1.29, 1.82) is 5.26 Å². The molecule has 0 aliphatic rings. The van der Waals surface area contributed by atoms with E-state index in [-0.39, 0.29) is 18.2 Å². The van der Waals surface area contributed by atoms with Crippen LogP contribution in [0.5, 0.6) is 0 Å². The summed E-state index contributed by atoms with van der Waals surface area (Å²) in [7, 11) is 0. The lowest BCUT2D eigenvalue weighted by molar-refractivity contribution is -0.141. The van der Waals surface area contributed by atoms with Gasteiger partial charge in [-0.05, 0) is 57.5 Å². The minimum Gasteiger partial charge on any atom is -0.466 e. The van der Waals surface area contributed by atoms with E-state index < -0.39 is 18.6 Å². The number of rotatable bonds is 6. The Labute approximate surface area is 205 Å². The molecule has 0 saturated heterocycles. The number of aryl methyl sites for hydroxylation is 2. The number of alkyl halides is 3. The van der Waals surface area contributed by atoms with Crippen LogP contribution < -0.4 is 0 Å². The zero-order valence-corrected chi connectivity index (χ0v) is 20.2. The molecule has 1 amide bonds. The third kappa shape index (κ3) is 5.10. The van der Waals surface area contributed by atoms with Gasteiger partial charge in [0.2, 0.25) is 0 Å². The molecule has 0 aliphatic heterocycles. The minimum atomic E-state index is -4.61. The second kappa shape index (κ2) is 9.49. The van der Waals surface area contributed by atoms with Crippen LogP contribution in [0.3, 0.4) is 0 Å². The number of aromatic nitrogens is 3. The Balaban J connectivity index is 1.85. The molecule has 0 bridgehead atoms. The maximum atomic E-state index is 13.7. The van der Waals surface area contributed by atoms with Gasteiger partial charge in [-0.2, -0.15) is 23.5 Å². The quantitative estimate of drug-likeness (QED) is 0.329. The Morgan fingerprint density at radius 2 is 1.89 bits per heavy atom. The largest absolute Gasteiger partial charge is 0.466 e. The molecule has 0 unspecified atom stereocenters. The molecule has 10 heteroatoms. The average molecular weight is 496 g/mol. The molecular formula is C26H24F3N5O2. The zero-order chi connectivity index (χ0) is 26.2. The molecule has 0 saturated carbocycles. The van der Waals surface area contributed by atoms with Gasteiger partial charge < -0.3 is 9.32 Å². The van der Waals surface area contributed by atoms with Crippen molar-refractivity contribution in [1.82, 2.24) is 19.7 Å². The van der Waals surface area contributed by atoms with Crippen LogP contribution in [0.2, 0.25) is 0 Å². The van der Waals surface area contributed by atoms with Gasteiger partial charge in [-0.25, -0.2) is 9.67 Å². The van der Waals surface area contributed by atoms with E-state index >= 15 is 0 Å². The van der Waals surface area contributed by atoms with E-state index in [1.54, 1.807) is 24.6 Å². The highest BCUT2D eigenvalue weighted by Gasteiger charge is 2.34. The Morgan fingerprint density at radius 3 is 2.44 bits per heavy atom. The Hall–Kier alpha value is -4.13. The number of nitrogens with zero attached hydrogens (tertiary/aromatic N) is 5. The van der Waals surface area contributed by atoms with E-state index in [0.29, 0.717) is 44.9 Å². The van der Waals surface area contributed by atoms with E-state index in [0.717, 1.165) is 4.90 Å². The van der Waals surface area contributed by atoms with Crippen LogP contribution in [0.25, 0.3) is 22.3 Å². The molecule has 3 heterocycles. The lowest BCUT2D eigenvalue weighted by atomic mass is 10.1. The second-order valence-electron chi connectivity index (χ2n) is 8.89. The van der Waals surface area contributed by atoms with Gasteiger partial charge in [0.25, 0.3) is 5.91 Å². The summed E-state index contributed by atoms with van der Waals surface area (Å²) in [6, 6.07) is 11.2. The minimum absolute atomic E-state index is 0.0676. The zero-order valence-electron chi connectivity index (χ0n) is 20.2. The SMILES string of the molecule is Cc1cc(-c2cc(C(=O)N(Cc3ccc(C#N)cc3)CC(F)(F)F)c3cnn(C(C)C)c3n2)c(C)o1. The Kier molecular flexibility index (Phi) is 6.59. The molecule has 0 aliphatic carbocycles. The summed E-state index contributed by atoms with van der Waals surface area (Å²) in [5.74, 6) is 0.429. The summed E-state index contributed by atoms with van der Waals surface area (Å²) in [6.45, 7) is 5.61. The first-order valence-corrected chi connectivity index (χ1v) is 11.3. The molecule has 4 aromatic rings. The summed E-state index contributed by atoms with van der Waals surface area (Å²) < 4.78 is 47.9. The number of amides is 1. The fourth-order valence-electron chi connectivity index (χ4n) is 4.09. The molecule has 186 valence electrons. The van der Waals surface area contributed by atoms with Crippen molar-refractivity contribution in [3.05, 3.63) is 70.8 Å². The highest BCUT2D eigenvalue weighted by molar-refractivity contribution is 6.06. The van der Waals surface area contributed by atoms with Crippen molar-refractivity contribution in [3.63, 3.8) is 0 Å². The molecular weight excluding hydrogens is 471 g/mol. The summed E-state index contributed by atoms with van der Waals surface area (Å²) in [5.41, 5.74) is 2.37. The predicted molar refractivity (Wildman–Crippen MR) is 127 cm³/mol. The van der Waals surface area contributed by atoms with Gasteiger partial charge in [-0.3, -0.25) is 4.79 Å². The van der Waals surface area contributed by atoms with Crippen LogP contribution in [0.1, 0.15) is 52.9 Å². The number of carbonyl (C=O) groups is 1. The van der Waals surface area contributed by atoms with Crippen LogP contribution in [0, 0.1) is 25.2 Å². The molecule has 0 fully saturated rings. The fraction of sp³-hybridized carbons (Fsp3) is 0.308. The van der Waals surface area contributed by atoms with Gasteiger partial charge in [0.1, 0.15) is 18.1 Å². The number of carbonyl (C=O) groups excluding carboxylic acids is 1. The van der Waals surface area contributed by atoms with Crippen LogP contribution in [-0.2, 0) is 6.54 Å². The molecule has 0 N–H and O–H groups in total. The standard InChI is InChI=1S/C26H24F3N5O2/c1-15(2)34-24-22(12-31-34)21(10-23(32-24)20-9-16(3)36-17(20)4)25(35)33(14-26(27,28)29)13-19-7-5-18(11-30)6-8-19/h5-10,12,15H,13-14H2,1-4H3. The van der Waals surface area contributed by atoms with Crippen LogP contribution in [0.4, 0.5) is 13.2 Å². The number of pyridine rings is 1. The molecule has 0 atom stereocenters. The highest BCUT2D eigenvalue weighted by Crippen LogP contribution is 2.31. The molecule has 0 spiro atoms. The van der Waals surface area contributed by atoms with Crippen molar-refractivity contribution in [3.8, 4) is 17.3 Å². The number of hydrogen-bond acceptors (Lipinski definition) is 5. The van der Waals surface area contributed by atoms with E-state index in [4.69, 9.17) is 14.7 Å². The smallest absolute Gasteiger partial charge is 0.406 e. The molecule has 4 rings (SSSR count). The average Bonchev–Trinajstić information content (AvgIpc) is 3.39. The topological polar surface area (TPSA) is 88.0 Å².